The fourth-order valence-electron chi connectivity index (χ4n) is 2.53. The van der Waals surface area contributed by atoms with Gasteiger partial charge in [-0.05, 0) is 23.4 Å². The molecule has 0 aliphatic heterocycles. The maximum absolute atomic E-state index is 5.62. The smallest absolute Gasteiger partial charge is 0.145 e. The molecule has 3 N–H and O–H groups in total. The molecule has 102 valence electrons. The quantitative estimate of drug-likeness (QED) is 0.763. The van der Waals surface area contributed by atoms with Crippen LogP contribution in [0.2, 0.25) is 0 Å². The minimum atomic E-state index is 0.540. The van der Waals surface area contributed by atoms with E-state index in [1.54, 1.807) is 0 Å². The van der Waals surface area contributed by atoms with E-state index < -0.39 is 0 Å². The second kappa shape index (κ2) is 5.35. The fraction of sp³-hybridized carbons (Fsp3) is 0.188. The lowest BCUT2D eigenvalue weighted by molar-refractivity contribution is 0.316. The highest BCUT2D eigenvalue weighted by Crippen LogP contribution is 2.20. The molecule has 0 atom stereocenters. The van der Waals surface area contributed by atoms with Crippen molar-refractivity contribution in [3.8, 4) is 0 Å². The lowest BCUT2D eigenvalue weighted by Gasteiger charge is -2.17. The van der Waals surface area contributed by atoms with Crippen molar-refractivity contribution >= 4 is 16.6 Å². The van der Waals surface area contributed by atoms with Gasteiger partial charge in [0, 0.05) is 19.2 Å². The normalized spacial score (nSPS) is 11.3. The number of hydrogen-bond acceptors (Lipinski definition) is 3. The van der Waals surface area contributed by atoms with Gasteiger partial charge in [-0.15, -0.1) is 0 Å². The number of nitrogen functional groups attached to an aromatic ring is 1. The molecule has 0 amide bonds. The predicted molar refractivity (Wildman–Crippen MR) is 82.1 cm³/mol. The predicted octanol–water partition coefficient (Wildman–Crippen LogP) is 2.78. The van der Waals surface area contributed by atoms with E-state index in [1.165, 1.54) is 16.3 Å². The maximum Gasteiger partial charge on any atom is 0.145 e. The van der Waals surface area contributed by atoms with E-state index in [1.807, 2.05) is 6.07 Å². The molecule has 0 radical (unpaired) electrons. The number of fused-ring (bicyclic) bond motifs is 1. The first-order valence-electron chi connectivity index (χ1n) is 6.67. The van der Waals surface area contributed by atoms with Crippen molar-refractivity contribution < 1.29 is 0 Å². The minimum absolute atomic E-state index is 0.540. The molecular weight excluding hydrogens is 248 g/mol. The van der Waals surface area contributed by atoms with Gasteiger partial charge in [0.15, 0.2) is 0 Å². The zero-order valence-corrected chi connectivity index (χ0v) is 11.5. The molecule has 0 spiro atoms. The Labute approximate surface area is 118 Å². The molecule has 4 heteroatoms. The van der Waals surface area contributed by atoms with E-state index in [4.69, 9.17) is 5.73 Å². The van der Waals surface area contributed by atoms with E-state index in [-0.39, 0.29) is 0 Å². The Balaban J connectivity index is 1.79. The Hall–Kier alpha value is -2.33. The Morgan fingerprint density at radius 3 is 2.70 bits per heavy atom. The van der Waals surface area contributed by atoms with Crippen molar-refractivity contribution in [2.45, 2.75) is 13.1 Å². The van der Waals surface area contributed by atoms with Gasteiger partial charge in [0.25, 0.3) is 0 Å². The highest BCUT2D eigenvalue weighted by Gasteiger charge is 2.06. The van der Waals surface area contributed by atoms with Crippen molar-refractivity contribution in [3.63, 3.8) is 0 Å². The van der Waals surface area contributed by atoms with Crippen molar-refractivity contribution in [1.82, 2.24) is 15.1 Å². The molecule has 0 saturated heterocycles. The second-order valence-corrected chi connectivity index (χ2v) is 5.13. The first-order chi connectivity index (χ1) is 9.72. The lowest BCUT2D eigenvalue weighted by Crippen LogP contribution is -2.17. The molecule has 1 aromatic heterocycles. The number of aromatic nitrogens is 2. The van der Waals surface area contributed by atoms with Crippen LogP contribution in [0.3, 0.4) is 0 Å². The first-order valence-corrected chi connectivity index (χ1v) is 6.67. The van der Waals surface area contributed by atoms with Crippen molar-refractivity contribution in [2.24, 2.45) is 0 Å². The number of rotatable bonds is 4. The molecule has 0 unspecified atom stereocenters. The number of hydrogen-bond donors (Lipinski definition) is 2. The maximum atomic E-state index is 5.62. The SMILES string of the molecule is CN(Cc1cc(N)n[nH]1)Cc1cccc2ccccc12. The number of H-pyrrole nitrogens is 1. The number of nitrogens with two attached hydrogens (primary N) is 1. The number of benzene rings is 2. The fourth-order valence-corrected chi connectivity index (χ4v) is 2.53. The van der Waals surface area contributed by atoms with E-state index in [2.05, 4.69) is 64.6 Å². The molecule has 20 heavy (non-hydrogen) atoms. The number of nitrogens with one attached hydrogen (secondary N) is 1. The van der Waals surface area contributed by atoms with Gasteiger partial charge < -0.3 is 5.73 Å². The summed E-state index contributed by atoms with van der Waals surface area (Å²) < 4.78 is 0. The molecule has 0 aliphatic rings. The summed E-state index contributed by atoms with van der Waals surface area (Å²) >= 11 is 0. The van der Waals surface area contributed by atoms with Gasteiger partial charge in [-0.3, -0.25) is 10.00 Å². The van der Waals surface area contributed by atoms with Crippen LogP contribution in [-0.4, -0.2) is 22.1 Å². The third kappa shape index (κ3) is 2.65. The molecule has 1 heterocycles. The van der Waals surface area contributed by atoms with Gasteiger partial charge in [0.1, 0.15) is 5.82 Å². The largest absolute Gasteiger partial charge is 0.382 e. The standard InChI is InChI=1S/C16H18N4/c1-20(11-14-9-16(17)19-18-14)10-13-7-4-6-12-5-2-3-8-15(12)13/h2-9H,10-11H2,1H3,(H3,17,18,19). The van der Waals surface area contributed by atoms with E-state index >= 15 is 0 Å². The van der Waals surface area contributed by atoms with Crippen LogP contribution in [-0.2, 0) is 13.1 Å². The molecule has 2 aromatic carbocycles. The molecule has 0 fully saturated rings. The van der Waals surface area contributed by atoms with Gasteiger partial charge in [-0.2, -0.15) is 5.10 Å². The van der Waals surface area contributed by atoms with Gasteiger partial charge in [-0.25, -0.2) is 0 Å². The molecule has 3 aromatic rings. The summed E-state index contributed by atoms with van der Waals surface area (Å²) in [7, 11) is 2.10. The first kappa shape index (κ1) is 12.7. The highest BCUT2D eigenvalue weighted by molar-refractivity contribution is 5.85. The van der Waals surface area contributed by atoms with Crippen LogP contribution in [0, 0.1) is 0 Å². The van der Waals surface area contributed by atoms with Crippen LogP contribution < -0.4 is 5.73 Å². The van der Waals surface area contributed by atoms with E-state index in [0.29, 0.717) is 5.82 Å². The Morgan fingerprint density at radius 2 is 1.90 bits per heavy atom. The summed E-state index contributed by atoms with van der Waals surface area (Å²) in [6.45, 7) is 1.69. The Bertz CT molecular complexity index is 712. The van der Waals surface area contributed by atoms with Gasteiger partial charge in [-0.1, -0.05) is 42.5 Å². The van der Waals surface area contributed by atoms with Crippen LogP contribution in [0.1, 0.15) is 11.3 Å². The van der Waals surface area contributed by atoms with Crippen molar-refractivity contribution in [3.05, 3.63) is 59.8 Å². The van der Waals surface area contributed by atoms with Gasteiger partial charge >= 0.3 is 0 Å². The van der Waals surface area contributed by atoms with Crippen LogP contribution >= 0.6 is 0 Å². The minimum Gasteiger partial charge on any atom is -0.382 e. The number of nitrogens with zero attached hydrogens (tertiary/aromatic N) is 2. The third-order valence-electron chi connectivity index (χ3n) is 3.41. The molecule has 0 bridgehead atoms. The summed E-state index contributed by atoms with van der Waals surface area (Å²) in [5.41, 5.74) is 7.98. The van der Waals surface area contributed by atoms with Crippen LogP contribution in [0.25, 0.3) is 10.8 Å². The summed E-state index contributed by atoms with van der Waals surface area (Å²) in [5.74, 6) is 0.540. The lowest BCUT2D eigenvalue weighted by atomic mass is 10.0. The Morgan fingerprint density at radius 1 is 1.10 bits per heavy atom. The molecule has 0 saturated carbocycles. The van der Waals surface area contributed by atoms with Crippen LogP contribution in [0.5, 0.6) is 0 Å². The molecular formula is C16H18N4. The average molecular weight is 266 g/mol. The third-order valence-corrected chi connectivity index (χ3v) is 3.41. The van der Waals surface area contributed by atoms with Gasteiger partial charge in [0.05, 0.1) is 5.69 Å². The summed E-state index contributed by atoms with van der Waals surface area (Å²) in [6, 6.07) is 16.8. The molecule has 3 rings (SSSR count). The van der Waals surface area contributed by atoms with Crippen LogP contribution in [0.15, 0.2) is 48.5 Å². The van der Waals surface area contributed by atoms with Crippen molar-refractivity contribution in [1.29, 1.82) is 0 Å². The zero-order valence-electron chi connectivity index (χ0n) is 11.5. The summed E-state index contributed by atoms with van der Waals surface area (Å²) in [6.07, 6.45) is 0. The Kier molecular flexibility index (Phi) is 3.39. The van der Waals surface area contributed by atoms with Crippen LogP contribution in [0.4, 0.5) is 5.82 Å². The monoisotopic (exact) mass is 266 g/mol. The second-order valence-electron chi connectivity index (χ2n) is 5.13. The number of anilines is 1. The topological polar surface area (TPSA) is 57.9 Å². The average Bonchev–Trinajstić information content (AvgIpc) is 2.84. The highest BCUT2D eigenvalue weighted by atomic mass is 15.2. The zero-order chi connectivity index (χ0) is 13.9. The summed E-state index contributed by atoms with van der Waals surface area (Å²) in [4.78, 5) is 2.24. The molecule has 4 nitrogen and oxygen atoms in total. The van der Waals surface area contributed by atoms with Crippen molar-refractivity contribution in [2.75, 3.05) is 12.8 Å². The van der Waals surface area contributed by atoms with E-state index in [9.17, 15) is 0 Å². The number of aromatic amines is 1. The van der Waals surface area contributed by atoms with E-state index in [0.717, 1.165) is 18.8 Å². The summed E-state index contributed by atoms with van der Waals surface area (Å²) in [5, 5.41) is 9.49. The van der Waals surface area contributed by atoms with Gasteiger partial charge in [0.2, 0.25) is 0 Å². The molecule has 0 aliphatic carbocycles.